The molecular weight excluding hydrogens is 346 g/mol. The average molecular weight is 361 g/mol. The number of nitrogens with zero attached hydrogens (tertiary/aromatic N) is 3. The Balaban J connectivity index is 1.68. The van der Waals surface area contributed by atoms with E-state index >= 15 is 0 Å². The summed E-state index contributed by atoms with van der Waals surface area (Å²) in [6, 6.07) is 9.48. The number of hydrogen-bond donors (Lipinski definition) is 1. The lowest BCUT2D eigenvalue weighted by Crippen LogP contribution is -2.48. The smallest absolute Gasteiger partial charge is 0.345 e. The van der Waals surface area contributed by atoms with Crippen molar-refractivity contribution in [2.45, 2.75) is 0 Å². The Morgan fingerprint density at radius 2 is 1.68 bits per heavy atom. The zero-order valence-electron chi connectivity index (χ0n) is 13.1. The van der Waals surface area contributed by atoms with Crippen LogP contribution in [0.15, 0.2) is 36.4 Å². The Morgan fingerprint density at radius 1 is 1.04 bits per heavy atom. The quantitative estimate of drug-likeness (QED) is 0.662. The van der Waals surface area contributed by atoms with Crippen molar-refractivity contribution in [2.75, 3.05) is 31.1 Å². The first-order valence-electron chi connectivity index (χ1n) is 7.58. The van der Waals surface area contributed by atoms with Gasteiger partial charge in [0.25, 0.3) is 11.6 Å². The SMILES string of the molecule is O=C(O)c1ccc(C(=O)N2CCN(c3ccccc3[N+](=O)[O-])CC2)s1. The zero-order chi connectivity index (χ0) is 18.0. The number of amides is 1. The predicted molar refractivity (Wildman–Crippen MR) is 92.5 cm³/mol. The van der Waals surface area contributed by atoms with E-state index in [0.717, 1.165) is 11.3 Å². The van der Waals surface area contributed by atoms with E-state index in [4.69, 9.17) is 5.11 Å². The lowest BCUT2D eigenvalue weighted by Gasteiger charge is -2.35. The van der Waals surface area contributed by atoms with Crippen LogP contribution in [0.4, 0.5) is 11.4 Å². The van der Waals surface area contributed by atoms with E-state index in [1.54, 1.807) is 23.1 Å². The molecule has 130 valence electrons. The van der Waals surface area contributed by atoms with Crippen LogP contribution in [-0.4, -0.2) is 53.0 Å². The molecule has 2 aromatic rings. The first kappa shape index (κ1) is 16.9. The molecule has 8 nitrogen and oxygen atoms in total. The summed E-state index contributed by atoms with van der Waals surface area (Å²) in [5, 5.41) is 20.1. The lowest BCUT2D eigenvalue weighted by atomic mass is 10.2. The van der Waals surface area contributed by atoms with Crippen LogP contribution >= 0.6 is 11.3 Å². The number of carboxylic acid groups (broad SMARTS) is 1. The second-order valence-corrected chi connectivity index (χ2v) is 6.58. The van der Waals surface area contributed by atoms with Crippen molar-refractivity contribution in [2.24, 2.45) is 0 Å². The number of rotatable bonds is 4. The molecule has 0 spiro atoms. The third-order valence-corrected chi connectivity index (χ3v) is 5.07. The maximum Gasteiger partial charge on any atom is 0.345 e. The molecule has 1 fully saturated rings. The Kier molecular flexibility index (Phi) is 4.66. The highest BCUT2D eigenvalue weighted by Gasteiger charge is 2.26. The normalized spacial score (nSPS) is 14.4. The van der Waals surface area contributed by atoms with E-state index in [9.17, 15) is 19.7 Å². The number of benzene rings is 1. The number of para-hydroxylation sites is 2. The van der Waals surface area contributed by atoms with Gasteiger partial charge in [-0.05, 0) is 18.2 Å². The van der Waals surface area contributed by atoms with Crippen molar-refractivity contribution in [1.29, 1.82) is 0 Å². The van der Waals surface area contributed by atoms with Crippen LogP contribution in [0.2, 0.25) is 0 Å². The van der Waals surface area contributed by atoms with E-state index < -0.39 is 10.9 Å². The molecule has 3 rings (SSSR count). The summed E-state index contributed by atoms with van der Waals surface area (Å²) in [5.41, 5.74) is 0.593. The third kappa shape index (κ3) is 3.45. The number of carbonyl (C=O) groups excluding carboxylic acids is 1. The first-order valence-corrected chi connectivity index (χ1v) is 8.40. The number of anilines is 1. The monoisotopic (exact) mass is 361 g/mol. The molecule has 1 amide bonds. The molecule has 1 N–H and O–H groups in total. The summed E-state index contributed by atoms with van der Waals surface area (Å²) in [6.45, 7) is 1.80. The molecule has 0 unspecified atom stereocenters. The molecule has 0 aliphatic carbocycles. The minimum Gasteiger partial charge on any atom is -0.477 e. The Labute approximate surface area is 147 Å². The molecule has 0 radical (unpaired) electrons. The second kappa shape index (κ2) is 6.89. The van der Waals surface area contributed by atoms with E-state index in [0.29, 0.717) is 36.7 Å². The van der Waals surface area contributed by atoms with Gasteiger partial charge in [-0.1, -0.05) is 12.1 Å². The summed E-state index contributed by atoms with van der Waals surface area (Å²) in [7, 11) is 0. The maximum atomic E-state index is 12.5. The summed E-state index contributed by atoms with van der Waals surface area (Å²) >= 11 is 0.953. The number of piperazine rings is 1. The van der Waals surface area contributed by atoms with Gasteiger partial charge in [-0.25, -0.2) is 4.79 Å². The minimum absolute atomic E-state index is 0.0478. The molecule has 0 bridgehead atoms. The fourth-order valence-corrected chi connectivity index (χ4v) is 3.57. The topological polar surface area (TPSA) is 104 Å². The van der Waals surface area contributed by atoms with E-state index in [1.165, 1.54) is 18.2 Å². The molecule has 1 aliphatic heterocycles. The van der Waals surface area contributed by atoms with Crippen LogP contribution in [0.25, 0.3) is 0 Å². The second-order valence-electron chi connectivity index (χ2n) is 5.49. The number of carbonyl (C=O) groups is 2. The van der Waals surface area contributed by atoms with Gasteiger partial charge in [0.15, 0.2) is 0 Å². The minimum atomic E-state index is -1.05. The number of nitro benzene ring substituents is 1. The molecule has 1 saturated heterocycles. The maximum absolute atomic E-state index is 12.5. The number of hydrogen-bond acceptors (Lipinski definition) is 6. The molecule has 0 atom stereocenters. The Morgan fingerprint density at radius 3 is 2.28 bits per heavy atom. The summed E-state index contributed by atoms with van der Waals surface area (Å²) in [5.74, 6) is -1.26. The van der Waals surface area contributed by atoms with Gasteiger partial charge < -0.3 is 14.9 Å². The predicted octanol–water partition coefficient (Wildman–Crippen LogP) is 2.32. The Bertz CT molecular complexity index is 827. The van der Waals surface area contributed by atoms with Crippen molar-refractivity contribution < 1.29 is 19.6 Å². The lowest BCUT2D eigenvalue weighted by molar-refractivity contribution is -0.384. The third-order valence-electron chi connectivity index (χ3n) is 4.01. The van der Waals surface area contributed by atoms with Gasteiger partial charge >= 0.3 is 5.97 Å². The molecule has 1 aromatic carbocycles. The van der Waals surface area contributed by atoms with Gasteiger partial charge in [0.05, 0.1) is 9.80 Å². The highest BCUT2D eigenvalue weighted by molar-refractivity contribution is 7.15. The van der Waals surface area contributed by atoms with Crippen LogP contribution in [0.3, 0.4) is 0 Å². The van der Waals surface area contributed by atoms with E-state index in [-0.39, 0.29) is 16.5 Å². The highest BCUT2D eigenvalue weighted by Crippen LogP contribution is 2.28. The van der Waals surface area contributed by atoms with Crippen LogP contribution in [0.1, 0.15) is 19.3 Å². The van der Waals surface area contributed by atoms with Gasteiger partial charge in [0, 0.05) is 32.2 Å². The van der Waals surface area contributed by atoms with Crippen LogP contribution in [0.5, 0.6) is 0 Å². The fourth-order valence-electron chi connectivity index (χ4n) is 2.76. The van der Waals surface area contributed by atoms with Crippen molar-refractivity contribution in [1.82, 2.24) is 4.90 Å². The average Bonchev–Trinajstić information content (AvgIpc) is 3.11. The Hall–Kier alpha value is -2.94. The molecule has 1 aromatic heterocycles. The number of aromatic carboxylic acids is 1. The van der Waals surface area contributed by atoms with Gasteiger partial charge in [0.2, 0.25) is 0 Å². The van der Waals surface area contributed by atoms with Crippen LogP contribution in [-0.2, 0) is 0 Å². The van der Waals surface area contributed by atoms with E-state index in [1.807, 2.05) is 4.90 Å². The summed E-state index contributed by atoms with van der Waals surface area (Å²) < 4.78 is 0. The molecule has 2 heterocycles. The first-order chi connectivity index (χ1) is 12.0. The molecule has 25 heavy (non-hydrogen) atoms. The fraction of sp³-hybridized carbons (Fsp3) is 0.250. The van der Waals surface area contributed by atoms with Gasteiger partial charge in [-0.3, -0.25) is 14.9 Å². The summed E-state index contributed by atoms with van der Waals surface area (Å²) in [4.78, 5) is 38.2. The molecular formula is C16H15N3O5S. The van der Waals surface area contributed by atoms with Gasteiger partial charge in [-0.2, -0.15) is 0 Å². The van der Waals surface area contributed by atoms with Crippen molar-refractivity contribution in [3.63, 3.8) is 0 Å². The number of thiophene rings is 1. The molecule has 0 saturated carbocycles. The van der Waals surface area contributed by atoms with Gasteiger partial charge in [0.1, 0.15) is 10.6 Å². The van der Waals surface area contributed by atoms with Crippen LogP contribution in [0, 0.1) is 10.1 Å². The molecule has 1 aliphatic rings. The van der Waals surface area contributed by atoms with Crippen molar-refractivity contribution in [3.8, 4) is 0 Å². The zero-order valence-corrected chi connectivity index (χ0v) is 13.9. The number of nitro groups is 1. The van der Waals surface area contributed by atoms with Crippen LogP contribution < -0.4 is 4.90 Å². The number of carboxylic acids is 1. The van der Waals surface area contributed by atoms with E-state index in [2.05, 4.69) is 0 Å². The van der Waals surface area contributed by atoms with Crippen molar-refractivity contribution in [3.05, 3.63) is 56.3 Å². The largest absolute Gasteiger partial charge is 0.477 e. The molecule has 9 heteroatoms. The summed E-state index contributed by atoms with van der Waals surface area (Å²) in [6.07, 6.45) is 0. The van der Waals surface area contributed by atoms with Crippen molar-refractivity contribution >= 4 is 34.6 Å². The van der Waals surface area contributed by atoms with Gasteiger partial charge in [-0.15, -0.1) is 11.3 Å². The highest BCUT2D eigenvalue weighted by atomic mass is 32.1. The standard InChI is InChI=1S/C16H15N3O5S/c20-15(13-5-6-14(25-13)16(21)22)18-9-7-17(8-10-18)11-3-1-2-4-12(11)19(23)24/h1-6H,7-10H2,(H,21,22).